The standard InChI is InChI=1S/C7H7N3O/c11-4-6-1-2-7-9-8-5-10(7)3-6/h1-3,5,11H,4H2. The summed E-state index contributed by atoms with van der Waals surface area (Å²) < 4.78 is 1.77. The highest BCUT2D eigenvalue weighted by molar-refractivity contribution is 5.37. The van der Waals surface area contributed by atoms with Crippen LogP contribution in [0.1, 0.15) is 5.56 Å². The Hall–Kier alpha value is -1.42. The molecule has 2 aromatic heterocycles. The van der Waals surface area contributed by atoms with Crippen LogP contribution in [0.25, 0.3) is 5.65 Å². The first-order valence-electron chi connectivity index (χ1n) is 3.29. The van der Waals surface area contributed by atoms with Crippen molar-refractivity contribution in [2.45, 2.75) is 6.61 Å². The summed E-state index contributed by atoms with van der Waals surface area (Å²) in [5.74, 6) is 0. The Kier molecular flexibility index (Phi) is 1.33. The third-order valence-corrected chi connectivity index (χ3v) is 1.53. The predicted molar refractivity (Wildman–Crippen MR) is 38.9 cm³/mol. The van der Waals surface area contributed by atoms with Gasteiger partial charge in [0.05, 0.1) is 6.61 Å². The van der Waals surface area contributed by atoms with Gasteiger partial charge in [0.2, 0.25) is 0 Å². The van der Waals surface area contributed by atoms with E-state index in [1.807, 2.05) is 12.1 Å². The molecule has 0 aliphatic carbocycles. The molecule has 0 amide bonds. The summed E-state index contributed by atoms with van der Waals surface area (Å²) in [6, 6.07) is 3.64. The molecule has 0 saturated heterocycles. The number of aliphatic hydroxyl groups excluding tert-OH is 1. The Morgan fingerprint density at radius 1 is 1.45 bits per heavy atom. The van der Waals surface area contributed by atoms with Crippen LogP contribution in [0.3, 0.4) is 0 Å². The summed E-state index contributed by atoms with van der Waals surface area (Å²) in [6.45, 7) is 0.0497. The first kappa shape index (κ1) is 6.30. The molecule has 0 aromatic carbocycles. The molecule has 0 fully saturated rings. The van der Waals surface area contributed by atoms with Gasteiger partial charge >= 0.3 is 0 Å². The van der Waals surface area contributed by atoms with Crippen LogP contribution in [-0.4, -0.2) is 19.7 Å². The number of fused-ring (bicyclic) bond motifs is 1. The van der Waals surface area contributed by atoms with Crippen LogP contribution < -0.4 is 0 Å². The van der Waals surface area contributed by atoms with Gasteiger partial charge in [-0.3, -0.25) is 4.40 Å². The van der Waals surface area contributed by atoms with Crippen molar-refractivity contribution in [1.82, 2.24) is 14.6 Å². The highest BCUT2D eigenvalue weighted by Crippen LogP contribution is 2.02. The number of aliphatic hydroxyl groups is 1. The van der Waals surface area contributed by atoms with Crippen LogP contribution in [0.2, 0.25) is 0 Å². The number of rotatable bonds is 1. The maximum atomic E-state index is 8.78. The summed E-state index contributed by atoms with van der Waals surface area (Å²) in [5, 5.41) is 16.3. The predicted octanol–water partition coefficient (Wildman–Crippen LogP) is 0.222. The Balaban J connectivity index is 2.67. The fourth-order valence-electron chi connectivity index (χ4n) is 0.967. The second kappa shape index (κ2) is 2.32. The van der Waals surface area contributed by atoms with Crippen molar-refractivity contribution in [2.24, 2.45) is 0 Å². The summed E-state index contributed by atoms with van der Waals surface area (Å²) in [6.07, 6.45) is 3.41. The zero-order valence-corrected chi connectivity index (χ0v) is 5.81. The van der Waals surface area contributed by atoms with Crippen LogP contribution in [0, 0.1) is 0 Å². The Bertz CT molecular complexity index is 368. The average Bonchev–Trinajstić information content (AvgIpc) is 2.50. The molecule has 2 rings (SSSR count). The van der Waals surface area contributed by atoms with E-state index >= 15 is 0 Å². The zero-order chi connectivity index (χ0) is 7.68. The molecule has 0 unspecified atom stereocenters. The number of hydrogen-bond donors (Lipinski definition) is 1. The van der Waals surface area contributed by atoms with Gasteiger partial charge in [-0.1, -0.05) is 6.07 Å². The topological polar surface area (TPSA) is 50.4 Å². The zero-order valence-electron chi connectivity index (χ0n) is 5.81. The van der Waals surface area contributed by atoms with E-state index < -0.39 is 0 Å². The SMILES string of the molecule is OCc1ccc2nncn2c1. The normalized spacial score (nSPS) is 10.6. The highest BCUT2D eigenvalue weighted by atomic mass is 16.3. The Morgan fingerprint density at radius 3 is 3.18 bits per heavy atom. The molecule has 4 nitrogen and oxygen atoms in total. The van der Waals surface area contributed by atoms with Gasteiger partial charge in [-0.15, -0.1) is 10.2 Å². The first-order chi connectivity index (χ1) is 5.40. The minimum atomic E-state index is 0.0497. The molecule has 56 valence electrons. The lowest BCUT2D eigenvalue weighted by Gasteiger charge is -1.95. The molecular formula is C7H7N3O. The van der Waals surface area contributed by atoms with E-state index in [1.165, 1.54) is 0 Å². The molecule has 4 heteroatoms. The lowest BCUT2D eigenvalue weighted by Crippen LogP contribution is -1.88. The van der Waals surface area contributed by atoms with Crippen LogP contribution in [0.5, 0.6) is 0 Å². The van der Waals surface area contributed by atoms with Crippen molar-refractivity contribution >= 4 is 5.65 Å². The van der Waals surface area contributed by atoms with E-state index in [0.29, 0.717) is 0 Å². The van der Waals surface area contributed by atoms with Crippen molar-refractivity contribution < 1.29 is 5.11 Å². The number of pyridine rings is 1. The van der Waals surface area contributed by atoms with Gasteiger partial charge in [0.15, 0.2) is 5.65 Å². The van der Waals surface area contributed by atoms with Gasteiger partial charge < -0.3 is 5.11 Å². The Morgan fingerprint density at radius 2 is 2.36 bits per heavy atom. The van der Waals surface area contributed by atoms with Crippen LogP contribution in [0.15, 0.2) is 24.7 Å². The Labute approximate surface area is 63.1 Å². The van der Waals surface area contributed by atoms with Gasteiger partial charge in [0.1, 0.15) is 6.33 Å². The fraction of sp³-hybridized carbons (Fsp3) is 0.143. The molecule has 0 aliphatic heterocycles. The lowest BCUT2D eigenvalue weighted by molar-refractivity contribution is 0.281. The van der Waals surface area contributed by atoms with Crippen molar-refractivity contribution in [2.75, 3.05) is 0 Å². The monoisotopic (exact) mass is 149 g/mol. The second-order valence-electron chi connectivity index (χ2n) is 2.29. The summed E-state index contributed by atoms with van der Waals surface area (Å²) in [5.41, 5.74) is 1.65. The van der Waals surface area contributed by atoms with E-state index in [1.54, 1.807) is 16.9 Å². The molecule has 2 heterocycles. The maximum Gasteiger partial charge on any atom is 0.160 e. The van der Waals surface area contributed by atoms with Gasteiger partial charge in [-0.25, -0.2) is 0 Å². The van der Waals surface area contributed by atoms with Gasteiger partial charge in [-0.2, -0.15) is 0 Å². The molecular weight excluding hydrogens is 142 g/mol. The highest BCUT2D eigenvalue weighted by Gasteiger charge is 1.94. The minimum Gasteiger partial charge on any atom is -0.392 e. The molecule has 2 aromatic rings. The molecule has 0 aliphatic rings. The lowest BCUT2D eigenvalue weighted by atomic mass is 10.3. The molecule has 1 N–H and O–H groups in total. The smallest absolute Gasteiger partial charge is 0.160 e. The number of nitrogens with zero attached hydrogens (tertiary/aromatic N) is 3. The minimum absolute atomic E-state index is 0.0497. The molecule has 0 saturated carbocycles. The van der Waals surface area contributed by atoms with E-state index in [4.69, 9.17) is 5.11 Å². The summed E-state index contributed by atoms with van der Waals surface area (Å²) >= 11 is 0. The van der Waals surface area contributed by atoms with Gasteiger partial charge in [0, 0.05) is 6.20 Å². The third kappa shape index (κ3) is 0.969. The van der Waals surface area contributed by atoms with E-state index in [0.717, 1.165) is 11.2 Å². The van der Waals surface area contributed by atoms with Gasteiger partial charge in [-0.05, 0) is 11.6 Å². The largest absolute Gasteiger partial charge is 0.392 e. The van der Waals surface area contributed by atoms with E-state index in [2.05, 4.69) is 10.2 Å². The molecule has 0 radical (unpaired) electrons. The van der Waals surface area contributed by atoms with E-state index in [-0.39, 0.29) is 6.61 Å². The number of hydrogen-bond acceptors (Lipinski definition) is 3. The second-order valence-corrected chi connectivity index (χ2v) is 2.29. The maximum absolute atomic E-state index is 8.78. The molecule has 0 atom stereocenters. The summed E-state index contributed by atoms with van der Waals surface area (Å²) in [7, 11) is 0. The van der Waals surface area contributed by atoms with Crippen molar-refractivity contribution in [3.05, 3.63) is 30.2 Å². The summed E-state index contributed by atoms with van der Waals surface area (Å²) in [4.78, 5) is 0. The van der Waals surface area contributed by atoms with Crippen LogP contribution in [0.4, 0.5) is 0 Å². The van der Waals surface area contributed by atoms with Crippen molar-refractivity contribution in [3.8, 4) is 0 Å². The van der Waals surface area contributed by atoms with Crippen LogP contribution in [-0.2, 0) is 6.61 Å². The van der Waals surface area contributed by atoms with Crippen molar-refractivity contribution in [1.29, 1.82) is 0 Å². The fourth-order valence-corrected chi connectivity index (χ4v) is 0.967. The van der Waals surface area contributed by atoms with Gasteiger partial charge in [0.25, 0.3) is 0 Å². The number of aromatic nitrogens is 3. The van der Waals surface area contributed by atoms with Crippen LogP contribution >= 0.6 is 0 Å². The van der Waals surface area contributed by atoms with E-state index in [9.17, 15) is 0 Å². The molecule has 0 spiro atoms. The molecule has 0 bridgehead atoms. The van der Waals surface area contributed by atoms with Crippen molar-refractivity contribution in [3.63, 3.8) is 0 Å². The quantitative estimate of drug-likeness (QED) is 0.631. The third-order valence-electron chi connectivity index (χ3n) is 1.53. The average molecular weight is 149 g/mol. The molecule has 11 heavy (non-hydrogen) atoms. The first-order valence-corrected chi connectivity index (χ1v) is 3.29.